The molecule has 1 heterocycles. The summed E-state index contributed by atoms with van der Waals surface area (Å²) >= 11 is 0. The summed E-state index contributed by atoms with van der Waals surface area (Å²) in [5.74, 6) is -2.37. The largest absolute Gasteiger partial charge is 0.369 e. The van der Waals surface area contributed by atoms with Crippen LogP contribution in [-0.4, -0.2) is 36.6 Å². The molecule has 0 saturated heterocycles. The second-order valence-electron chi connectivity index (χ2n) is 8.82. The topological polar surface area (TPSA) is 105 Å². The third kappa shape index (κ3) is 4.70. The van der Waals surface area contributed by atoms with E-state index in [-0.39, 0.29) is 17.7 Å². The van der Waals surface area contributed by atoms with Gasteiger partial charge >= 0.3 is 0 Å². The first-order valence-corrected chi connectivity index (χ1v) is 10.9. The highest BCUT2D eigenvalue weighted by atomic mass is 16.2. The van der Waals surface area contributed by atoms with Crippen molar-refractivity contribution in [2.45, 2.75) is 52.1 Å². The summed E-state index contributed by atoms with van der Waals surface area (Å²) in [7, 11) is 1.71. The van der Waals surface area contributed by atoms with Crippen LogP contribution in [0.3, 0.4) is 0 Å². The molecule has 1 unspecified atom stereocenters. The standard InChI is InChI=1S/C24H32N4O3/c1-5-8-16(21(25)29)17(13-14(2)3)23(30)27-22-24(31)28(4)19-12-7-10-15-9-6-11-18(26-22)20(15)19/h5,7,10,12,14,16-17,22H,1,6,8-9,11,13H2,2-4H3,(H2,25,29)(H,27,30)/t16-,17+,22?/m0/s1. The molecule has 0 bridgehead atoms. The molecule has 31 heavy (non-hydrogen) atoms. The summed E-state index contributed by atoms with van der Waals surface area (Å²) < 4.78 is 0. The quantitative estimate of drug-likeness (QED) is 0.627. The predicted molar refractivity (Wildman–Crippen MR) is 122 cm³/mol. The number of likely N-dealkylation sites (N-methyl/N-ethyl adjacent to an activating group) is 1. The summed E-state index contributed by atoms with van der Waals surface area (Å²) in [4.78, 5) is 44.8. The smallest absolute Gasteiger partial charge is 0.272 e. The molecule has 1 aliphatic carbocycles. The lowest BCUT2D eigenvalue weighted by molar-refractivity contribution is -0.135. The number of primary amides is 1. The summed E-state index contributed by atoms with van der Waals surface area (Å²) in [5, 5.41) is 2.82. The van der Waals surface area contributed by atoms with Crippen LogP contribution >= 0.6 is 0 Å². The first kappa shape index (κ1) is 22.7. The van der Waals surface area contributed by atoms with Gasteiger partial charge in [-0.25, -0.2) is 0 Å². The third-order valence-electron chi connectivity index (χ3n) is 6.10. The van der Waals surface area contributed by atoms with E-state index in [2.05, 4.69) is 23.0 Å². The van der Waals surface area contributed by atoms with E-state index in [1.165, 1.54) is 5.56 Å². The van der Waals surface area contributed by atoms with Crippen LogP contribution < -0.4 is 16.0 Å². The molecule has 0 radical (unpaired) electrons. The Hall–Kier alpha value is -2.96. The molecule has 1 aromatic rings. The van der Waals surface area contributed by atoms with E-state index in [0.29, 0.717) is 12.8 Å². The van der Waals surface area contributed by atoms with Gasteiger partial charge in [0.05, 0.1) is 17.5 Å². The monoisotopic (exact) mass is 424 g/mol. The number of allylic oxidation sites excluding steroid dienone is 1. The van der Waals surface area contributed by atoms with Crippen molar-refractivity contribution in [3.63, 3.8) is 0 Å². The molecule has 0 aromatic heterocycles. The molecule has 3 atom stereocenters. The van der Waals surface area contributed by atoms with Gasteiger partial charge in [0, 0.05) is 18.3 Å². The number of aliphatic imine (C=N–C) groups is 1. The molecule has 166 valence electrons. The van der Waals surface area contributed by atoms with Gasteiger partial charge in [0.2, 0.25) is 18.0 Å². The molecule has 1 aromatic carbocycles. The molecule has 0 fully saturated rings. The van der Waals surface area contributed by atoms with Gasteiger partial charge < -0.3 is 16.0 Å². The molecular weight excluding hydrogens is 392 g/mol. The Morgan fingerprint density at radius 2 is 2.06 bits per heavy atom. The number of nitrogens with one attached hydrogen (secondary N) is 1. The van der Waals surface area contributed by atoms with Crippen LogP contribution in [0, 0.1) is 17.8 Å². The molecule has 3 rings (SSSR count). The molecular formula is C24H32N4O3. The van der Waals surface area contributed by atoms with Crippen molar-refractivity contribution in [1.82, 2.24) is 5.32 Å². The van der Waals surface area contributed by atoms with Crippen molar-refractivity contribution in [3.8, 4) is 0 Å². The lowest BCUT2D eigenvalue weighted by Gasteiger charge is -2.27. The first-order chi connectivity index (χ1) is 14.7. The van der Waals surface area contributed by atoms with Crippen LogP contribution in [0.1, 0.15) is 50.7 Å². The lowest BCUT2D eigenvalue weighted by atomic mass is 9.82. The van der Waals surface area contributed by atoms with Crippen molar-refractivity contribution in [2.24, 2.45) is 28.5 Å². The Bertz CT molecular complexity index is 921. The van der Waals surface area contributed by atoms with Crippen LogP contribution in [0.25, 0.3) is 0 Å². The second-order valence-corrected chi connectivity index (χ2v) is 8.82. The Kier molecular flexibility index (Phi) is 6.93. The maximum absolute atomic E-state index is 13.3. The van der Waals surface area contributed by atoms with Gasteiger partial charge in [0.25, 0.3) is 5.91 Å². The van der Waals surface area contributed by atoms with Gasteiger partial charge in [-0.3, -0.25) is 19.4 Å². The zero-order chi connectivity index (χ0) is 22.7. The van der Waals surface area contributed by atoms with Crippen molar-refractivity contribution < 1.29 is 14.4 Å². The summed E-state index contributed by atoms with van der Waals surface area (Å²) in [6, 6.07) is 5.93. The van der Waals surface area contributed by atoms with Crippen molar-refractivity contribution in [1.29, 1.82) is 0 Å². The fourth-order valence-corrected chi connectivity index (χ4v) is 4.58. The molecule has 3 amide bonds. The summed E-state index contributed by atoms with van der Waals surface area (Å²) in [6.07, 6.45) is 4.01. The Morgan fingerprint density at radius 3 is 2.71 bits per heavy atom. The number of hydrogen-bond donors (Lipinski definition) is 2. The number of carbonyl (C=O) groups excluding carboxylic acids is 3. The zero-order valence-electron chi connectivity index (χ0n) is 18.6. The molecule has 7 heteroatoms. The van der Waals surface area contributed by atoms with Gasteiger partial charge in [0.15, 0.2) is 0 Å². The second kappa shape index (κ2) is 9.45. The predicted octanol–water partition coefficient (Wildman–Crippen LogP) is 2.57. The molecule has 7 nitrogen and oxygen atoms in total. The minimum absolute atomic E-state index is 0.173. The molecule has 3 N–H and O–H groups in total. The van der Waals surface area contributed by atoms with Gasteiger partial charge in [-0.15, -0.1) is 6.58 Å². The van der Waals surface area contributed by atoms with Gasteiger partial charge in [-0.05, 0) is 49.7 Å². The van der Waals surface area contributed by atoms with E-state index in [1.807, 2.05) is 26.0 Å². The van der Waals surface area contributed by atoms with Crippen molar-refractivity contribution in [2.75, 3.05) is 11.9 Å². The highest BCUT2D eigenvalue weighted by molar-refractivity contribution is 6.14. The average Bonchev–Trinajstić information content (AvgIpc) is 2.82. The fourth-order valence-electron chi connectivity index (χ4n) is 4.58. The highest BCUT2D eigenvalue weighted by Crippen LogP contribution is 2.33. The molecule has 0 spiro atoms. The van der Waals surface area contributed by atoms with E-state index in [4.69, 9.17) is 5.73 Å². The number of nitrogens with zero attached hydrogens (tertiary/aromatic N) is 2. The van der Waals surface area contributed by atoms with Crippen LogP contribution in [0.4, 0.5) is 5.69 Å². The van der Waals surface area contributed by atoms with Gasteiger partial charge in [-0.2, -0.15) is 0 Å². The number of rotatable bonds is 8. The van der Waals surface area contributed by atoms with E-state index >= 15 is 0 Å². The highest BCUT2D eigenvalue weighted by Gasteiger charge is 2.37. The van der Waals surface area contributed by atoms with Crippen LogP contribution in [0.15, 0.2) is 35.8 Å². The van der Waals surface area contributed by atoms with E-state index in [9.17, 15) is 14.4 Å². The Morgan fingerprint density at radius 1 is 1.32 bits per heavy atom. The number of anilines is 1. The molecule has 1 aliphatic heterocycles. The minimum atomic E-state index is -1.03. The van der Waals surface area contributed by atoms with Crippen LogP contribution in [0.2, 0.25) is 0 Å². The number of nitrogens with two attached hydrogens (primary N) is 1. The third-order valence-corrected chi connectivity index (χ3v) is 6.10. The first-order valence-electron chi connectivity index (χ1n) is 10.9. The normalized spacial score (nSPS) is 19.7. The van der Waals surface area contributed by atoms with Gasteiger partial charge in [-0.1, -0.05) is 32.1 Å². The zero-order valence-corrected chi connectivity index (χ0v) is 18.6. The molecule has 2 aliphatic rings. The summed E-state index contributed by atoms with van der Waals surface area (Å²) in [6.45, 7) is 7.66. The van der Waals surface area contributed by atoms with E-state index in [0.717, 1.165) is 36.2 Å². The number of amides is 3. The van der Waals surface area contributed by atoms with Crippen LogP contribution in [-0.2, 0) is 20.8 Å². The fraction of sp³-hybridized carbons (Fsp3) is 0.500. The van der Waals surface area contributed by atoms with E-state index < -0.39 is 23.9 Å². The van der Waals surface area contributed by atoms with Gasteiger partial charge in [0.1, 0.15) is 0 Å². The number of aryl methyl sites for hydroxylation is 1. The van der Waals surface area contributed by atoms with E-state index in [1.54, 1.807) is 18.0 Å². The average molecular weight is 425 g/mol. The SMILES string of the molecule is C=CC[C@H](C(N)=O)[C@@H](CC(C)C)C(=O)NC1N=C2CCCc3cccc(c32)N(C)C1=O. The number of benzene rings is 1. The number of hydrogen-bond acceptors (Lipinski definition) is 4. The Labute approximate surface area is 183 Å². The maximum Gasteiger partial charge on any atom is 0.272 e. The molecule has 0 saturated carbocycles. The van der Waals surface area contributed by atoms with Crippen LogP contribution in [0.5, 0.6) is 0 Å². The Balaban J connectivity index is 1.93. The van der Waals surface area contributed by atoms with Crippen molar-refractivity contribution in [3.05, 3.63) is 42.0 Å². The number of carbonyl (C=O) groups is 3. The minimum Gasteiger partial charge on any atom is -0.369 e. The maximum atomic E-state index is 13.3. The summed E-state index contributed by atoms with van der Waals surface area (Å²) in [5.41, 5.74) is 9.44. The van der Waals surface area contributed by atoms with Crippen molar-refractivity contribution >= 4 is 29.1 Å². The lowest BCUT2D eigenvalue weighted by Crippen LogP contribution is -2.50.